The van der Waals surface area contributed by atoms with Gasteiger partial charge in [0.25, 0.3) is 0 Å². The Kier molecular flexibility index (Phi) is 6.46. The summed E-state index contributed by atoms with van der Waals surface area (Å²) in [4.78, 5) is 2.15. The van der Waals surface area contributed by atoms with Crippen LogP contribution in [-0.4, -0.2) is 33.4 Å². The van der Waals surface area contributed by atoms with Gasteiger partial charge in [0.15, 0.2) is 0 Å². The highest BCUT2D eigenvalue weighted by Gasteiger charge is 2.21. The van der Waals surface area contributed by atoms with Gasteiger partial charge in [0.2, 0.25) is 0 Å². The number of rotatable bonds is 10. The number of hydrogen-bond acceptors (Lipinski definition) is 3. The number of hydrogen-bond donors (Lipinski definition) is 1. The number of likely N-dealkylation sites (N-methyl/N-ethyl adjacent to an activating group) is 1. The van der Waals surface area contributed by atoms with Crippen LogP contribution in [-0.2, 0) is 11.3 Å². The van der Waals surface area contributed by atoms with E-state index in [0.29, 0.717) is 6.54 Å². The molecule has 4 heteroatoms. The second-order valence-electron chi connectivity index (χ2n) is 5.89. The van der Waals surface area contributed by atoms with E-state index in [1.165, 1.54) is 18.9 Å². The van der Waals surface area contributed by atoms with Crippen molar-refractivity contribution < 1.29 is 9.13 Å². The van der Waals surface area contributed by atoms with E-state index >= 15 is 0 Å². The topological polar surface area (TPSA) is 24.5 Å². The van der Waals surface area contributed by atoms with Gasteiger partial charge in [0.05, 0.1) is 6.61 Å². The van der Waals surface area contributed by atoms with Gasteiger partial charge in [-0.25, -0.2) is 4.39 Å². The van der Waals surface area contributed by atoms with Gasteiger partial charge < -0.3 is 15.0 Å². The second-order valence-corrected chi connectivity index (χ2v) is 5.89. The van der Waals surface area contributed by atoms with E-state index in [2.05, 4.69) is 17.1 Å². The van der Waals surface area contributed by atoms with Gasteiger partial charge in [0.1, 0.15) is 5.82 Å². The lowest BCUT2D eigenvalue weighted by Crippen LogP contribution is -2.25. The summed E-state index contributed by atoms with van der Waals surface area (Å²) in [5.41, 5.74) is 2.09. The molecule has 0 spiro atoms. The zero-order valence-electron chi connectivity index (χ0n) is 13.2. The van der Waals surface area contributed by atoms with Crippen molar-refractivity contribution in [3.05, 3.63) is 29.6 Å². The van der Waals surface area contributed by atoms with E-state index < -0.39 is 0 Å². The Morgan fingerprint density at radius 2 is 2.19 bits per heavy atom. The van der Waals surface area contributed by atoms with Crippen LogP contribution in [0.2, 0.25) is 0 Å². The van der Waals surface area contributed by atoms with Crippen molar-refractivity contribution in [3.63, 3.8) is 0 Å². The Morgan fingerprint density at radius 1 is 1.38 bits per heavy atom. The summed E-state index contributed by atoms with van der Waals surface area (Å²) in [7, 11) is 2.04. The predicted octanol–water partition coefficient (Wildman–Crippen LogP) is 3.19. The van der Waals surface area contributed by atoms with Gasteiger partial charge in [-0.1, -0.05) is 6.92 Å². The molecule has 1 fully saturated rings. The van der Waals surface area contributed by atoms with Crippen LogP contribution in [0.15, 0.2) is 18.2 Å². The molecule has 0 heterocycles. The van der Waals surface area contributed by atoms with Crippen molar-refractivity contribution >= 4 is 5.69 Å². The fourth-order valence-electron chi connectivity index (χ4n) is 2.32. The summed E-state index contributed by atoms with van der Waals surface area (Å²) < 4.78 is 19.1. The molecule has 1 N–H and O–H groups in total. The van der Waals surface area contributed by atoms with E-state index in [4.69, 9.17) is 4.74 Å². The number of nitrogens with one attached hydrogen (secondary N) is 1. The lowest BCUT2D eigenvalue weighted by Gasteiger charge is -2.23. The van der Waals surface area contributed by atoms with Crippen LogP contribution >= 0.6 is 0 Å². The third-order valence-electron chi connectivity index (χ3n) is 3.82. The molecule has 0 aliphatic heterocycles. The first-order valence-electron chi connectivity index (χ1n) is 7.98. The summed E-state index contributed by atoms with van der Waals surface area (Å²) >= 11 is 0. The summed E-state index contributed by atoms with van der Waals surface area (Å²) in [6, 6.07) is 5.01. The molecule has 0 atom stereocenters. The zero-order chi connectivity index (χ0) is 15.1. The summed E-state index contributed by atoms with van der Waals surface area (Å²) in [6.07, 6.45) is 3.72. The number of ether oxygens (including phenoxy) is 1. The van der Waals surface area contributed by atoms with Crippen molar-refractivity contribution in [3.8, 4) is 0 Å². The van der Waals surface area contributed by atoms with Crippen LogP contribution in [0.1, 0.15) is 31.7 Å². The average molecular weight is 294 g/mol. The van der Waals surface area contributed by atoms with Crippen molar-refractivity contribution in [2.75, 3.05) is 38.3 Å². The maximum absolute atomic E-state index is 13.5. The van der Waals surface area contributed by atoms with Crippen LogP contribution in [0.4, 0.5) is 10.1 Å². The fourth-order valence-corrected chi connectivity index (χ4v) is 2.32. The summed E-state index contributed by atoms with van der Waals surface area (Å²) in [5.74, 6) is 0.625. The predicted molar refractivity (Wildman–Crippen MR) is 85.2 cm³/mol. The van der Waals surface area contributed by atoms with Crippen LogP contribution in [0.5, 0.6) is 0 Å². The van der Waals surface area contributed by atoms with Crippen molar-refractivity contribution in [1.29, 1.82) is 0 Å². The minimum Gasteiger partial charge on any atom is -0.379 e. The lowest BCUT2D eigenvalue weighted by atomic mass is 10.1. The smallest absolute Gasteiger partial charge is 0.123 e. The molecule has 3 nitrogen and oxygen atoms in total. The molecule has 0 radical (unpaired) electrons. The van der Waals surface area contributed by atoms with Gasteiger partial charge in [0, 0.05) is 32.4 Å². The third kappa shape index (κ3) is 5.64. The second kappa shape index (κ2) is 8.35. The quantitative estimate of drug-likeness (QED) is 0.671. The van der Waals surface area contributed by atoms with Crippen molar-refractivity contribution in [2.45, 2.75) is 32.7 Å². The highest BCUT2D eigenvalue weighted by molar-refractivity contribution is 5.53. The van der Waals surface area contributed by atoms with Gasteiger partial charge in [-0.15, -0.1) is 0 Å². The number of anilines is 1. The molecular formula is C17H27FN2O. The first-order valence-corrected chi connectivity index (χ1v) is 7.98. The van der Waals surface area contributed by atoms with E-state index in [1.54, 1.807) is 6.07 Å². The summed E-state index contributed by atoms with van der Waals surface area (Å²) in [5, 5.41) is 3.34. The first-order chi connectivity index (χ1) is 10.2. The molecule has 1 aromatic rings. The van der Waals surface area contributed by atoms with Crippen LogP contribution in [0.25, 0.3) is 0 Å². The van der Waals surface area contributed by atoms with E-state index in [1.807, 2.05) is 13.1 Å². The third-order valence-corrected chi connectivity index (χ3v) is 3.82. The van der Waals surface area contributed by atoms with Gasteiger partial charge in [-0.05, 0) is 55.5 Å². The molecule has 1 saturated carbocycles. The molecule has 0 unspecified atom stereocenters. The van der Waals surface area contributed by atoms with Gasteiger partial charge in [-0.3, -0.25) is 0 Å². The SMILES string of the molecule is CCCNCc1cc(F)ccc1N(C)CCOCC1CC1. The van der Waals surface area contributed by atoms with E-state index in [-0.39, 0.29) is 5.82 Å². The Balaban J connectivity index is 1.85. The first kappa shape index (κ1) is 16.2. The van der Waals surface area contributed by atoms with E-state index in [0.717, 1.165) is 49.9 Å². The van der Waals surface area contributed by atoms with Crippen LogP contribution < -0.4 is 10.2 Å². The molecule has 0 amide bonds. The maximum Gasteiger partial charge on any atom is 0.123 e. The minimum absolute atomic E-state index is 0.176. The molecule has 2 rings (SSSR count). The lowest BCUT2D eigenvalue weighted by molar-refractivity contribution is 0.131. The van der Waals surface area contributed by atoms with Gasteiger partial charge >= 0.3 is 0 Å². The van der Waals surface area contributed by atoms with Crippen LogP contribution in [0, 0.1) is 11.7 Å². The average Bonchev–Trinajstić information content (AvgIpc) is 3.28. The van der Waals surface area contributed by atoms with Crippen LogP contribution in [0.3, 0.4) is 0 Å². The highest BCUT2D eigenvalue weighted by atomic mass is 19.1. The zero-order valence-corrected chi connectivity index (χ0v) is 13.2. The number of halogens is 1. The molecule has 1 aromatic carbocycles. The number of benzene rings is 1. The summed E-state index contributed by atoms with van der Waals surface area (Å²) in [6.45, 7) is 6.23. The highest BCUT2D eigenvalue weighted by Crippen LogP contribution is 2.28. The Labute approximate surface area is 127 Å². The largest absolute Gasteiger partial charge is 0.379 e. The van der Waals surface area contributed by atoms with E-state index in [9.17, 15) is 4.39 Å². The van der Waals surface area contributed by atoms with Gasteiger partial charge in [-0.2, -0.15) is 0 Å². The molecule has 0 saturated heterocycles. The maximum atomic E-state index is 13.5. The fraction of sp³-hybridized carbons (Fsp3) is 0.647. The molecule has 118 valence electrons. The monoisotopic (exact) mass is 294 g/mol. The normalized spacial score (nSPS) is 14.4. The molecule has 0 bridgehead atoms. The Hall–Kier alpha value is -1.13. The Bertz CT molecular complexity index is 435. The standard InChI is InChI=1S/C17H27FN2O/c1-3-8-19-12-15-11-16(18)6-7-17(15)20(2)9-10-21-13-14-4-5-14/h6-7,11,14,19H,3-5,8-10,12-13H2,1-2H3. The van der Waals surface area contributed by atoms with Crippen molar-refractivity contribution in [2.24, 2.45) is 5.92 Å². The molecule has 21 heavy (non-hydrogen) atoms. The number of nitrogens with zero attached hydrogens (tertiary/aromatic N) is 1. The molecule has 0 aromatic heterocycles. The minimum atomic E-state index is -0.176. The van der Waals surface area contributed by atoms with Crippen molar-refractivity contribution in [1.82, 2.24) is 5.32 Å². The molecule has 1 aliphatic carbocycles. The molecular weight excluding hydrogens is 267 g/mol. The Morgan fingerprint density at radius 3 is 2.90 bits per heavy atom. The molecule has 1 aliphatic rings.